The summed E-state index contributed by atoms with van der Waals surface area (Å²) in [4.78, 5) is 27.5. The molecule has 0 fully saturated rings. The zero-order valence-electron chi connectivity index (χ0n) is 18.5. The molecule has 0 bridgehead atoms. The van der Waals surface area contributed by atoms with E-state index in [1.807, 2.05) is 18.2 Å². The lowest BCUT2D eigenvalue weighted by Crippen LogP contribution is -2.30. The number of aryl methyl sites for hydroxylation is 1. The van der Waals surface area contributed by atoms with Crippen LogP contribution in [0.1, 0.15) is 38.9 Å². The van der Waals surface area contributed by atoms with Gasteiger partial charge < -0.3 is 14.8 Å². The number of amides is 1. The summed E-state index contributed by atoms with van der Waals surface area (Å²) < 4.78 is 5.25. The van der Waals surface area contributed by atoms with Crippen molar-refractivity contribution in [3.05, 3.63) is 46.8 Å². The number of aromatic nitrogens is 4. The van der Waals surface area contributed by atoms with Crippen molar-refractivity contribution in [2.75, 3.05) is 25.0 Å². The number of carbonyl (C=O) groups excluding carboxylic acids is 1. The highest BCUT2D eigenvalue weighted by molar-refractivity contribution is 5.93. The molecule has 0 aliphatic carbocycles. The molecule has 166 valence electrons. The van der Waals surface area contributed by atoms with Gasteiger partial charge >= 0.3 is 5.69 Å². The van der Waals surface area contributed by atoms with Gasteiger partial charge in [0.25, 0.3) is 0 Å². The first-order valence-corrected chi connectivity index (χ1v) is 11.4. The van der Waals surface area contributed by atoms with E-state index < -0.39 is 0 Å². The number of fused-ring (bicyclic) bond motifs is 2. The number of rotatable bonds is 8. The lowest BCUT2D eigenvalue weighted by molar-refractivity contribution is -0.117. The summed E-state index contributed by atoms with van der Waals surface area (Å²) in [6.07, 6.45) is 6.03. The zero-order chi connectivity index (χ0) is 21.8. The van der Waals surface area contributed by atoms with Crippen molar-refractivity contribution in [2.24, 2.45) is 0 Å². The molecule has 1 aliphatic heterocycles. The van der Waals surface area contributed by atoms with Crippen LogP contribution in [0.25, 0.3) is 10.9 Å². The van der Waals surface area contributed by atoms with Gasteiger partial charge in [0.1, 0.15) is 12.4 Å². The summed E-state index contributed by atoms with van der Waals surface area (Å²) in [5.74, 6) is 0.554. The van der Waals surface area contributed by atoms with E-state index in [-0.39, 0.29) is 18.1 Å². The highest BCUT2D eigenvalue weighted by Gasteiger charge is 2.17. The fraction of sp³-hybridized carbons (Fsp3) is 0.522. The molecule has 4 rings (SSSR count). The van der Waals surface area contributed by atoms with E-state index in [9.17, 15) is 9.59 Å². The molecule has 2 aromatic heterocycles. The molecule has 0 saturated carbocycles. The number of nitrogens with zero attached hydrogens (tertiary/aromatic N) is 5. The molecule has 0 saturated heterocycles. The maximum Gasteiger partial charge on any atom is 0.346 e. The average molecular weight is 425 g/mol. The first-order chi connectivity index (χ1) is 15.1. The van der Waals surface area contributed by atoms with Crippen molar-refractivity contribution in [2.45, 2.75) is 59.2 Å². The Balaban J connectivity index is 1.42. The summed E-state index contributed by atoms with van der Waals surface area (Å²) >= 11 is 0. The highest BCUT2D eigenvalue weighted by Crippen LogP contribution is 2.21. The fourth-order valence-electron chi connectivity index (χ4n) is 4.33. The van der Waals surface area contributed by atoms with Crippen LogP contribution < -0.4 is 11.0 Å². The second kappa shape index (κ2) is 9.51. The Morgan fingerprint density at radius 1 is 1.16 bits per heavy atom. The van der Waals surface area contributed by atoms with E-state index in [1.54, 1.807) is 4.57 Å². The van der Waals surface area contributed by atoms with Gasteiger partial charge in [-0.3, -0.25) is 9.36 Å². The number of hydrogen-bond donors (Lipinski definition) is 1. The van der Waals surface area contributed by atoms with Crippen molar-refractivity contribution in [1.82, 2.24) is 23.8 Å². The van der Waals surface area contributed by atoms with Gasteiger partial charge in [-0.2, -0.15) is 5.10 Å². The smallest absolute Gasteiger partial charge is 0.346 e. The van der Waals surface area contributed by atoms with Crippen LogP contribution in [-0.2, 0) is 30.8 Å². The van der Waals surface area contributed by atoms with Gasteiger partial charge in [0.15, 0.2) is 0 Å². The maximum atomic E-state index is 12.6. The second-order valence-electron chi connectivity index (χ2n) is 8.18. The molecule has 0 unspecified atom stereocenters. The molecule has 1 amide bonds. The average Bonchev–Trinajstić information content (AvgIpc) is 3.19. The van der Waals surface area contributed by atoms with Crippen molar-refractivity contribution in [3.8, 4) is 0 Å². The summed E-state index contributed by atoms with van der Waals surface area (Å²) in [6.45, 7) is 9.04. The number of carbonyl (C=O) groups is 1. The quantitative estimate of drug-likeness (QED) is 0.603. The van der Waals surface area contributed by atoms with Crippen LogP contribution in [0.2, 0.25) is 0 Å². The van der Waals surface area contributed by atoms with E-state index in [0.29, 0.717) is 6.54 Å². The minimum atomic E-state index is -0.240. The third kappa shape index (κ3) is 4.74. The Bertz CT molecular complexity index is 1110. The third-order valence-electron chi connectivity index (χ3n) is 6.18. The number of nitrogens with one attached hydrogen (secondary N) is 1. The summed E-state index contributed by atoms with van der Waals surface area (Å²) in [5.41, 5.74) is 1.69. The molecular weight excluding hydrogens is 392 g/mol. The summed E-state index contributed by atoms with van der Waals surface area (Å²) in [5, 5.41) is 8.39. The lowest BCUT2D eigenvalue weighted by Gasteiger charge is -2.18. The first-order valence-electron chi connectivity index (χ1n) is 11.4. The summed E-state index contributed by atoms with van der Waals surface area (Å²) in [6, 6.07) is 8.01. The maximum absolute atomic E-state index is 12.6. The van der Waals surface area contributed by atoms with Gasteiger partial charge in [-0.1, -0.05) is 20.3 Å². The molecule has 0 atom stereocenters. The van der Waals surface area contributed by atoms with E-state index in [2.05, 4.69) is 46.0 Å². The van der Waals surface area contributed by atoms with E-state index in [1.165, 1.54) is 4.68 Å². The highest BCUT2D eigenvalue weighted by atomic mass is 16.2. The van der Waals surface area contributed by atoms with Gasteiger partial charge in [0.2, 0.25) is 5.91 Å². The molecule has 0 spiro atoms. The van der Waals surface area contributed by atoms with E-state index >= 15 is 0 Å². The topological polar surface area (TPSA) is 77.1 Å². The minimum Gasteiger partial charge on any atom is -0.346 e. The van der Waals surface area contributed by atoms with Crippen LogP contribution in [0.5, 0.6) is 0 Å². The van der Waals surface area contributed by atoms with Gasteiger partial charge in [0, 0.05) is 48.8 Å². The molecule has 3 heterocycles. The van der Waals surface area contributed by atoms with E-state index in [0.717, 1.165) is 74.3 Å². The monoisotopic (exact) mass is 424 g/mol. The summed E-state index contributed by atoms with van der Waals surface area (Å²) in [7, 11) is 0. The van der Waals surface area contributed by atoms with Crippen LogP contribution in [0, 0.1) is 0 Å². The predicted molar refractivity (Wildman–Crippen MR) is 122 cm³/mol. The van der Waals surface area contributed by atoms with Gasteiger partial charge in [-0.15, -0.1) is 0 Å². The van der Waals surface area contributed by atoms with E-state index in [4.69, 9.17) is 0 Å². The number of benzene rings is 1. The lowest BCUT2D eigenvalue weighted by atomic mass is 10.2. The predicted octanol–water partition coefficient (Wildman–Crippen LogP) is 2.71. The van der Waals surface area contributed by atoms with Crippen LogP contribution >= 0.6 is 0 Å². The molecule has 3 aromatic rings. The van der Waals surface area contributed by atoms with Crippen LogP contribution in [-0.4, -0.2) is 49.4 Å². The number of hydrogen-bond acceptors (Lipinski definition) is 4. The SMILES string of the molecule is CCN(CC)CCn1ccc2cc(NC(=O)Cn3nc4n(c3=O)CCCCC4)ccc21. The fourth-order valence-corrected chi connectivity index (χ4v) is 4.33. The molecule has 8 nitrogen and oxygen atoms in total. The minimum absolute atomic E-state index is 0.0677. The molecule has 1 N–H and O–H groups in total. The molecule has 1 aliphatic rings. The Hall–Kier alpha value is -2.87. The Morgan fingerprint density at radius 3 is 2.81 bits per heavy atom. The van der Waals surface area contributed by atoms with Crippen molar-refractivity contribution >= 4 is 22.5 Å². The van der Waals surface area contributed by atoms with Crippen LogP contribution in [0.3, 0.4) is 0 Å². The first kappa shape index (κ1) is 21.4. The third-order valence-corrected chi connectivity index (χ3v) is 6.18. The van der Waals surface area contributed by atoms with Crippen LogP contribution in [0.4, 0.5) is 5.69 Å². The normalized spacial score (nSPS) is 14.0. The molecular formula is C23H32N6O2. The molecule has 31 heavy (non-hydrogen) atoms. The van der Waals surface area contributed by atoms with Gasteiger partial charge in [0.05, 0.1) is 0 Å². The Morgan fingerprint density at radius 2 is 2.00 bits per heavy atom. The van der Waals surface area contributed by atoms with Gasteiger partial charge in [-0.25, -0.2) is 9.48 Å². The molecule has 0 radical (unpaired) electrons. The van der Waals surface area contributed by atoms with Gasteiger partial charge in [-0.05, 0) is 50.2 Å². The molecule has 1 aromatic carbocycles. The number of anilines is 1. The van der Waals surface area contributed by atoms with Crippen molar-refractivity contribution < 1.29 is 4.79 Å². The Labute approximate surface area is 182 Å². The Kier molecular flexibility index (Phi) is 6.56. The standard InChI is InChI=1S/C23H32N6O2/c1-3-26(4-2)14-15-27-13-11-18-16-19(9-10-20(18)27)24-22(30)17-29-23(31)28-12-7-5-6-8-21(28)25-29/h9-11,13,16H,3-8,12,14-15,17H2,1-2H3,(H,24,30). The second-order valence-corrected chi connectivity index (χ2v) is 8.18. The number of likely N-dealkylation sites (N-methyl/N-ethyl adjacent to an activating group) is 1. The zero-order valence-corrected chi connectivity index (χ0v) is 18.5. The molecule has 8 heteroatoms. The van der Waals surface area contributed by atoms with Crippen molar-refractivity contribution in [1.29, 1.82) is 0 Å². The largest absolute Gasteiger partial charge is 0.346 e. The van der Waals surface area contributed by atoms with Crippen molar-refractivity contribution in [3.63, 3.8) is 0 Å². The van der Waals surface area contributed by atoms with Crippen LogP contribution in [0.15, 0.2) is 35.3 Å².